The van der Waals surface area contributed by atoms with Crippen molar-refractivity contribution in [1.29, 1.82) is 0 Å². The minimum absolute atomic E-state index is 0.184. The Balaban J connectivity index is 1.60. The lowest BCUT2D eigenvalue weighted by molar-refractivity contribution is 0.203. The molecule has 1 unspecified atom stereocenters. The largest absolute Gasteiger partial charge is 0.334 e. The van der Waals surface area contributed by atoms with Gasteiger partial charge >= 0.3 is 6.03 Å². The highest BCUT2D eigenvalue weighted by Gasteiger charge is 2.35. The smallest absolute Gasteiger partial charge is 0.322 e. The molecular weight excluding hydrogens is 438 g/mol. The molecule has 4 aromatic rings. The summed E-state index contributed by atoms with van der Waals surface area (Å²) < 4.78 is 32.9. The minimum Gasteiger partial charge on any atom is -0.334 e. The number of carbonyl (C=O) groups is 1. The monoisotopic (exact) mass is 458 g/mol. The van der Waals surface area contributed by atoms with Crippen LogP contribution in [-0.4, -0.2) is 21.1 Å². The van der Waals surface area contributed by atoms with Gasteiger partial charge in [-0.1, -0.05) is 59.8 Å². The lowest BCUT2D eigenvalue weighted by atomic mass is 9.94. The molecule has 2 heterocycles. The molecule has 8 heteroatoms. The number of allylic oxidation sites excluding steroid dienone is 1. The highest BCUT2D eigenvalue weighted by Crippen LogP contribution is 2.38. The fraction of sp³-hybridized carbons (Fsp3) is 0.115. The van der Waals surface area contributed by atoms with E-state index >= 15 is 0 Å². The maximum atomic E-state index is 13.7. The van der Waals surface area contributed by atoms with E-state index in [4.69, 9.17) is 4.52 Å². The summed E-state index contributed by atoms with van der Waals surface area (Å²) in [7, 11) is 0. The van der Waals surface area contributed by atoms with Gasteiger partial charge in [0, 0.05) is 11.3 Å². The van der Waals surface area contributed by atoms with Gasteiger partial charge in [-0.25, -0.2) is 13.6 Å². The number of benzene rings is 3. The second kappa shape index (κ2) is 8.90. The van der Waals surface area contributed by atoms with Crippen LogP contribution in [0.4, 0.5) is 13.6 Å². The van der Waals surface area contributed by atoms with E-state index in [1.54, 1.807) is 36.1 Å². The molecule has 6 nitrogen and oxygen atoms in total. The molecule has 0 saturated carbocycles. The SMILES string of the molecule is CC1=C(c2nc(-c3cccc(F)c3)no2)C(c2ccc(F)cc2)NC(=O)N1Cc1ccccc1. The van der Waals surface area contributed by atoms with Crippen LogP contribution in [-0.2, 0) is 6.54 Å². The van der Waals surface area contributed by atoms with E-state index in [-0.39, 0.29) is 23.6 Å². The first kappa shape index (κ1) is 21.5. The molecule has 34 heavy (non-hydrogen) atoms. The Morgan fingerprint density at radius 2 is 1.74 bits per heavy atom. The molecule has 3 aromatic carbocycles. The van der Waals surface area contributed by atoms with Crippen LogP contribution in [0, 0.1) is 11.6 Å². The average Bonchev–Trinajstić information content (AvgIpc) is 3.32. The predicted octanol–water partition coefficient (Wildman–Crippen LogP) is 5.71. The number of hydrogen-bond acceptors (Lipinski definition) is 4. The van der Waals surface area contributed by atoms with E-state index in [2.05, 4.69) is 15.5 Å². The quantitative estimate of drug-likeness (QED) is 0.416. The van der Waals surface area contributed by atoms with Gasteiger partial charge in [-0.15, -0.1) is 0 Å². The first-order chi connectivity index (χ1) is 16.5. The number of carbonyl (C=O) groups excluding carboxylic acids is 1. The summed E-state index contributed by atoms with van der Waals surface area (Å²) in [6, 6.07) is 20.4. The zero-order chi connectivity index (χ0) is 23.7. The predicted molar refractivity (Wildman–Crippen MR) is 122 cm³/mol. The van der Waals surface area contributed by atoms with Crippen molar-refractivity contribution in [3.63, 3.8) is 0 Å². The van der Waals surface area contributed by atoms with E-state index < -0.39 is 11.9 Å². The van der Waals surface area contributed by atoms with Crippen LogP contribution in [0.3, 0.4) is 0 Å². The zero-order valence-corrected chi connectivity index (χ0v) is 18.2. The number of nitrogens with one attached hydrogen (secondary N) is 1. The normalized spacial score (nSPS) is 16.0. The summed E-state index contributed by atoms with van der Waals surface area (Å²) in [6.07, 6.45) is 0. The summed E-state index contributed by atoms with van der Waals surface area (Å²) in [5, 5.41) is 7.01. The lowest BCUT2D eigenvalue weighted by Crippen LogP contribution is -2.45. The Morgan fingerprint density at radius 1 is 0.971 bits per heavy atom. The number of amides is 2. The number of aromatic nitrogens is 2. The molecule has 0 saturated heterocycles. The van der Waals surface area contributed by atoms with Gasteiger partial charge in [0.1, 0.15) is 11.6 Å². The highest BCUT2D eigenvalue weighted by molar-refractivity contribution is 5.86. The van der Waals surface area contributed by atoms with E-state index in [0.717, 1.165) is 5.56 Å². The van der Waals surface area contributed by atoms with Gasteiger partial charge in [-0.05, 0) is 42.3 Å². The molecule has 0 aliphatic carbocycles. The molecule has 5 rings (SSSR count). The number of halogens is 2. The van der Waals surface area contributed by atoms with E-state index in [0.29, 0.717) is 28.9 Å². The van der Waals surface area contributed by atoms with Crippen LogP contribution >= 0.6 is 0 Å². The van der Waals surface area contributed by atoms with Crippen LogP contribution < -0.4 is 5.32 Å². The van der Waals surface area contributed by atoms with Gasteiger partial charge < -0.3 is 9.84 Å². The van der Waals surface area contributed by atoms with Crippen molar-refractivity contribution in [2.75, 3.05) is 0 Å². The number of hydrogen-bond donors (Lipinski definition) is 1. The zero-order valence-electron chi connectivity index (χ0n) is 18.2. The van der Waals surface area contributed by atoms with Crippen molar-refractivity contribution in [2.24, 2.45) is 0 Å². The topological polar surface area (TPSA) is 71.3 Å². The highest BCUT2D eigenvalue weighted by atomic mass is 19.1. The average molecular weight is 458 g/mol. The molecule has 0 radical (unpaired) electrons. The number of rotatable bonds is 5. The summed E-state index contributed by atoms with van der Waals surface area (Å²) >= 11 is 0. The molecule has 1 aliphatic heterocycles. The van der Waals surface area contributed by atoms with Crippen LogP contribution in [0.15, 0.2) is 89.1 Å². The fourth-order valence-electron chi connectivity index (χ4n) is 4.00. The van der Waals surface area contributed by atoms with Gasteiger partial charge in [-0.2, -0.15) is 4.98 Å². The Kier molecular flexibility index (Phi) is 5.63. The minimum atomic E-state index is -0.638. The van der Waals surface area contributed by atoms with Crippen molar-refractivity contribution in [1.82, 2.24) is 20.4 Å². The van der Waals surface area contributed by atoms with Gasteiger partial charge in [0.05, 0.1) is 18.2 Å². The van der Waals surface area contributed by atoms with Crippen LogP contribution in [0.2, 0.25) is 0 Å². The second-order valence-corrected chi connectivity index (χ2v) is 7.94. The Labute approximate surface area is 194 Å². The van der Waals surface area contributed by atoms with Crippen LogP contribution in [0.1, 0.15) is 30.0 Å². The molecule has 1 aromatic heterocycles. The van der Waals surface area contributed by atoms with E-state index in [1.165, 1.54) is 24.3 Å². The second-order valence-electron chi connectivity index (χ2n) is 7.94. The maximum absolute atomic E-state index is 13.7. The van der Waals surface area contributed by atoms with Crippen LogP contribution in [0.5, 0.6) is 0 Å². The lowest BCUT2D eigenvalue weighted by Gasteiger charge is -2.35. The van der Waals surface area contributed by atoms with Gasteiger partial charge in [-0.3, -0.25) is 4.90 Å². The van der Waals surface area contributed by atoms with Crippen molar-refractivity contribution in [2.45, 2.75) is 19.5 Å². The summed E-state index contributed by atoms with van der Waals surface area (Å²) in [4.78, 5) is 19.2. The van der Waals surface area contributed by atoms with Gasteiger partial charge in [0.25, 0.3) is 5.89 Å². The fourth-order valence-corrected chi connectivity index (χ4v) is 4.00. The molecular formula is C26H20F2N4O2. The molecule has 0 spiro atoms. The van der Waals surface area contributed by atoms with E-state index in [9.17, 15) is 13.6 Å². The maximum Gasteiger partial charge on any atom is 0.322 e. The third-order valence-electron chi connectivity index (χ3n) is 5.72. The van der Waals surface area contributed by atoms with Crippen molar-refractivity contribution in [3.8, 4) is 11.4 Å². The summed E-state index contributed by atoms with van der Waals surface area (Å²) in [5.74, 6) is -0.393. The molecule has 1 N–H and O–H groups in total. The molecule has 0 bridgehead atoms. The third kappa shape index (κ3) is 4.17. The third-order valence-corrected chi connectivity index (χ3v) is 5.72. The number of urea groups is 1. The van der Waals surface area contributed by atoms with E-state index in [1.807, 2.05) is 30.3 Å². The Morgan fingerprint density at radius 3 is 2.47 bits per heavy atom. The Hall–Kier alpha value is -4.33. The standard InChI is InChI=1S/C26H20F2N4O2/c1-16-22(25-30-24(31-34-25)19-8-5-9-21(28)14-19)23(18-10-12-20(27)13-11-18)29-26(33)32(16)15-17-6-3-2-4-7-17/h2-14,23H,15H2,1H3,(H,29,33). The number of nitrogens with zero attached hydrogens (tertiary/aromatic N) is 3. The van der Waals surface area contributed by atoms with Gasteiger partial charge in [0.15, 0.2) is 0 Å². The molecule has 170 valence electrons. The van der Waals surface area contributed by atoms with Crippen molar-refractivity contribution >= 4 is 11.6 Å². The van der Waals surface area contributed by atoms with Crippen LogP contribution in [0.25, 0.3) is 17.0 Å². The summed E-state index contributed by atoms with van der Waals surface area (Å²) in [5.41, 5.74) is 3.28. The summed E-state index contributed by atoms with van der Waals surface area (Å²) in [6.45, 7) is 2.14. The molecule has 1 atom stereocenters. The molecule has 1 aliphatic rings. The van der Waals surface area contributed by atoms with Crippen molar-refractivity contribution in [3.05, 3.63) is 113 Å². The Bertz CT molecular complexity index is 1370. The van der Waals surface area contributed by atoms with Gasteiger partial charge in [0.2, 0.25) is 5.82 Å². The van der Waals surface area contributed by atoms with Crippen molar-refractivity contribution < 1.29 is 18.1 Å². The molecule has 0 fully saturated rings. The molecule has 2 amide bonds. The first-order valence-corrected chi connectivity index (χ1v) is 10.7. The first-order valence-electron chi connectivity index (χ1n) is 10.7.